The average molecular weight is 472 g/mol. The second kappa shape index (κ2) is 9.76. The minimum atomic E-state index is -3.84. The van der Waals surface area contributed by atoms with Crippen LogP contribution in [-0.4, -0.2) is 50.5 Å². The number of halogens is 2. The molecule has 30 heavy (non-hydrogen) atoms. The van der Waals surface area contributed by atoms with Gasteiger partial charge in [0.25, 0.3) is 0 Å². The molecule has 2 aromatic carbocycles. The number of sulfonamides is 1. The second-order valence-electron chi connectivity index (χ2n) is 6.38. The van der Waals surface area contributed by atoms with Gasteiger partial charge in [-0.1, -0.05) is 41.4 Å². The standard InChI is InChI=1S/C19H19Cl2N3O5S/c20-14-5-7-15(8-6-14)30(27,28)24-9-10-29-17(24)12-23-19(26)18(25)22-11-13-3-1-2-4-16(13)21/h1-8,17H,9-12H2,(H,22,25)(H,23,26). The van der Waals surface area contributed by atoms with Crippen LogP contribution in [0.5, 0.6) is 0 Å². The maximum absolute atomic E-state index is 12.8. The molecule has 160 valence electrons. The van der Waals surface area contributed by atoms with Gasteiger partial charge in [0.15, 0.2) is 0 Å². The average Bonchev–Trinajstić information content (AvgIpc) is 3.21. The zero-order valence-corrected chi connectivity index (χ0v) is 18.0. The van der Waals surface area contributed by atoms with Crippen molar-refractivity contribution in [1.82, 2.24) is 14.9 Å². The number of amides is 2. The largest absolute Gasteiger partial charge is 0.359 e. The summed E-state index contributed by atoms with van der Waals surface area (Å²) in [6.07, 6.45) is -0.925. The summed E-state index contributed by atoms with van der Waals surface area (Å²) in [4.78, 5) is 24.1. The lowest BCUT2D eigenvalue weighted by Gasteiger charge is -2.22. The second-order valence-corrected chi connectivity index (χ2v) is 9.11. The first kappa shape index (κ1) is 22.5. The van der Waals surface area contributed by atoms with Crippen LogP contribution in [-0.2, 0) is 30.9 Å². The van der Waals surface area contributed by atoms with Gasteiger partial charge in [0.2, 0.25) is 10.0 Å². The van der Waals surface area contributed by atoms with Crippen LogP contribution in [0.3, 0.4) is 0 Å². The Morgan fingerprint density at radius 1 is 1.03 bits per heavy atom. The van der Waals surface area contributed by atoms with E-state index in [0.29, 0.717) is 15.6 Å². The Morgan fingerprint density at radius 3 is 2.40 bits per heavy atom. The number of carbonyl (C=O) groups excluding carboxylic acids is 2. The Balaban J connectivity index is 1.56. The molecule has 3 rings (SSSR count). The summed E-state index contributed by atoms with van der Waals surface area (Å²) in [6.45, 7) is 0.213. The molecule has 1 aliphatic heterocycles. The third-order valence-corrected chi connectivity index (χ3v) is 6.93. The molecule has 0 radical (unpaired) electrons. The van der Waals surface area contributed by atoms with E-state index in [1.165, 1.54) is 24.3 Å². The predicted molar refractivity (Wildman–Crippen MR) is 111 cm³/mol. The minimum Gasteiger partial charge on any atom is -0.359 e. The first-order valence-electron chi connectivity index (χ1n) is 8.97. The van der Waals surface area contributed by atoms with Crippen molar-refractivity contribution >= 4 is 45.0 Å². The van der Waals surface area contributed by atoms with E-state index >= 15 is 0 Å². The van der Waals surface area contributed by atoms with E-state index in [2.05, 4.69) is 10.6 Å². The van der Waals surface area contributed by atoms with Gasteiger partial charge in [-0.15, -0.1) is 0 Å². The maximum atomic E-state index is 12.8. The van der Waals surface area contributed by atoms with Gasteiger partial charge in [0.1, 0.15) is 6.23 Å². The van der Waals surface area contributed by atoms with Crippen molar-refractivity contribution in [1.29, 1.82) is 0 Å². The molecule has 2 N–H and O–H groups in total. The van der Waals surface area contributed by atoms with Crippen molar-refractivity contribution in [2.45, 2.75) is 17.7 Å². The molecule has 1 atom stereocenters. The lowest BCUT2D eigenvalue weighted by atomic mass is 10.2. The van der Waals surface area contributed by atoms with Gasteiger partial charge in [-0.25, -0.2) is 8.42 Å². The number of ether oxygens (including phenoxy) is 1. The summed E-state index contributed by atoms with van der Waals surface area (Å²) in [5.74, 6) is -1.76. The fourth-order valence-corrected chi connectivity index (χ4v) is 4.68. The molecule has 0 spiro atoms. The van der Waals surface area contributed by atoms with Crippen molar-refractivity contribution in [2.75, 3.05) is 19.7 Å². The molecule has 0 aromatic heterocycles. The Bertz CT molecular complexity index is 1030. The zero-order valence-electron chi connectivity index (χ0n) is 15.7. The normalized spacial score (nSPS) is 16.9. The van der Waals surface area contributed by atoms with Gasteiger partial charge in [0, 0.05) is 23.1 Å². The van der Waals surface area contributed by atoms with Crippen LogP contribution in [0.15, 0.2) is 53.4 Å². The molecule has 1 heterocycles. The summed E-state index contributed by atoms with van der Waals surface area (Å²) in [5, 5.41) is 5.76. The number of nitrogens with zero attached hydrogens (tertiary/aromatic N) is 1. The van der Waals surface area contributed by atoms with Gasteiger partial charge in [-0.05, 0) is 35.9 Å². The fourth-order valence-electron chi connectivity index (χ4n) is 2.84. The molecule has 8 nitrogen and oxygen atoms in total. The van der Waals surface area contributed by atoms with Gasteiger partial charge >= 0.3 is 11.8 Å². The number of nitrogens with one attached hydrogen (secondary N) is 2. The van der Waals surface area contributed by atoms with Gasteiger partial charge in [0.05, 0.1) is 18.0 Å². The van der Waals surface area contributed by atoms with E-state index in [4.69, 9.17) is 27.9 Å². The van der Waals surface area contributed by atoms with E-state index in [1.807, 2.05) is 0 Å². The van der Waals surface area contributed by atoms with Crippen LogP contribution >= 0.6 is 23.2 Å². The first-order chi connectivity index (χ1) is 14.3. The zero-order chi connectivity index (χ0) is 21.7. The molecule has 0 aliphatic carbocycles. The number of hydrogen-bond acceptors (Lipinski definition) is 5. The highest BCUT2D eigenvalue weighted by Gasteiger charge is 2.36. The molecule has 2 amide bonds. The summed E-state index contributed by atoms with van der Waals surface area (Å²) in [7, 11) is -3.84. The van der Waals surface area contributed by atoms with Crippen molar-refractivity contribution in [3.63, 3.8) is 0 Å². The van der Waals surface area contributed by atoms with Crippen LogP contribution < -0.4 is 10.6 Å². The van der Waals surface area contributed by atoms with E-state index in [-0.39, 0.29) is 31.1 Å². The van der Waals surface area contributed by atoms with E-state index < -0.39 is 28.1 Å². The molecule has 1 aliphatic rings. The van der Waals surface area contributed by atoms with Crippen LogP contribution in [0, 0.1) is 0 Å². The third-order valence-electron chi connectivity index (χ3n) is 4.40. The lowest BCUT2D eigenvalue weighted by molar-refractivity contribution is -0.139. The smallest absolute Gasteiger partial charge is 0.309 e. The van der Waals surface area contributed by atoms with Gasteiger partial charge < -0.3 is 15.4 Å². The lowest BCUT2D eigenvalue weighted by Crippen LogP contribution is -2.47. The quantitative estimate of drug-likeness (QED) is 0.624. The molecule has 1 saturated heterocycles. The Kier molecular flexibility index (Phi) is 7.32. The highest BCUT2D eigenvalue weighted by atomic mass is 35.5. The Morgan fingerprint density at radius 2 is 1.70 bits per heavy atom. The molecule has 1 fully saturated rings. The molecular formula is C19H19Cl2N3O5S. The van der Waals surface area contributed by atoms with Crippen molar-refractivity contribution < 1.29 is 22.7 Å². The highest BCUT2D eigenvalue weighted by Crippen LogP contribution is 2.23. The predicted octanol–water partition coefficient (Wildman–Crippen LogP) is 1.77. The maximum Gasteiger partial charge on any atom is 0.309 e. The molecule has 1 unspecified atom stereocenters. The van der Waals surface area contributed by atoms with E-state index in [9.17, 15) is 18.0 Å². The summed E-state index contributed by atoms with van der Waals surface area (Å²) in [5.41, 5.74) is 0.666. The van der Waals surface area contributed by atoms with Crippen LogP contribution in [0.2, 0.25) is 10.0 Å². The van der Waals surface area contributed by atoms with Crippen molar-refractivity contribution in [3.05, 3.63) is 64.1 Å². The van der Waals surface area contributed by atoms with Gasteiger partial charge in [-0.3, -0.25) is 9.59 Å². The molecule has 0 bridgehead atoms. The van der Waals surface area contributed by atoms with E-state index in [0.717, 1.165) is 4.31 Å². The molecule has 0 saturated carbocycles. The summed E-state index contributed by atoms with van der Waals surface area (Å²) in [6, 6.07) is 12.7. The van der Waals surface area contributed by atoms with E-state index in [1.54, 1.807) is 24.3 Å². The minimum absolute atomic E-state index is 0.0613. The van der Waals surface area contributed by atoms with Crippen molar-refractivity contribution in [2.24, 2.45) is 0 Å². The summed E-state index contributed by atoms with van der Waals surface area (Å²) >= 11 is 11.8. The topological polar surface area (TPSA) is 105 Å². The Labute approximate surface area is 184 Å². The number of hydrogen-bond donors (Lipinski definition) is 2. The number of rotatable bonds is 6. The first-order valence-corrected chi connectivity index (χ1v) is 11.2. The fraction of sp³-hybridized carbons (Fsp3) is 0.263. The molecule has 2 aromatic rings. The number of carbonyl (C=O) groups is 2. The van der Waals surface area contributed by atoms with Crippen molar-refractivity contribution in [3.8, 4) is 0 Å². The molecular weight excluding hydrogens is 453 g/mol. The highest BCUT2D eigenvalue weighted by molar-refractivity contribution is 7.89. The van der Waals surface area contributed by atoms with Crippen LogP contribution in [0.25, 0.3) is 0 Å². The SMILES string of the molecule is O=C(NCc1ccccc1Cl)C(=O)NCC1OCCN1S(=O)(=O)c1ccc(Cl)cc1. The van der Waals surface area contributed by atoms with Gasteiger partial charge in [-0.2, -0.15) is 4.31 Å². The van der Waals surface area contributed by atoms with Crippen LogP contribution in [0.1, 0.15) is 5.56 Å². The van der Waals surface area contributed by atoms with Crippen LogP contribution in [0.4, 0.5) is 0 Å². The monoisotopic (exact) mass is 471 g/mol. The molecule has 11 heteroatoms. The Hall–Kier alpha value is -2.17. The number of benzene rings is 2. The third kappa shape index (κ3) is 5.30. The summed E-state index contributed by atoms with van der Waals surface area (Å²) < 4.78 is 32.2.